The van der Waals surface area contributed by atoms with Crippen molar-refractivity contribution in [1.29, 1.82) is 5.26 Å². The molecule has 3 heteroatoms. The number of nitrogens with zero attached hydrogens (tertiary/aromatic N) is 1. The van der Waals surface area contributed by atoms with Gasteiger partial charge >= 0.3 is 0 Å². The molecule has 0 spiro atoms. The number of rotatable bonds is 3. The molecule has 0 aromatic heterocycles. The number of nitriles is 1. The Bertz CT molecular complexity index is 631. The summed E-state index contributed by atoms with van der Waals surface area (Å²) in [4.78, 5) is 0. The van der Waals surface area contributed by atoms with Gasteiger partial charge in [-0.25, -0.2) is 0 Å². The Labute approximate surface area is 112 Å². The summed E-state index contributed by atoms with van der Waals surface area (Å²) in [7, 11) is 0. The van der Waals surface area contributed by atoms with Crippen molar-refractivity contribution in [2.75, 3.05) is 6.61 Å². The highest BCUT2D eigenvalue weighted by molar-refractivity contribution is 5.39. The molecule has 2 aromatic rings. The molecule has 19 heavy (non-hydrogen) atoms. The third kappa shape index (κ3) is 2.44. The van der Waals surface area contributed by atoms with Gasteiger partial charge in [0, 0.05) is 12.1 Å². The summed E-state index contributed by atoms with van der Waals surface area (Å²) in [5.74, 6) is 0.964. The van der Waals surface area contributed by atoms with E-state index in [-0.39, 0.29) is 6.04 Å². The van der Waals surface area contributed by atoms with Gasteiger partial charge in [-0.1, -0.05) is 30.3 Å². The van der Waals surface area contributed by atoms with Gasteiger partial charge in [0.1, 0.15) is 12.4 Å². The molecule has 0 aliphatic carbocycles. The van der Waals surface area contributed by atoms with Crippen molar-refractivity contribution in [2.45, 2.75) is 12.6 Å². The highest BCUT2D eigenvalue weighted by Crippen LogP contribution is 2.31. The predicted octanol–water partition coefficient (Wildman–Crippen LogP) is 2.78. The van der Waals surface area contributed by atoms with Crippen LogP contribution in [0.15, 0.2) is 48.5 Å². The zero-order valence-corrected chi connectivity index (χ0v) is 10.5. The Morgan fingerprint density at radius 3 is 3.00 bits per heavy atom. The van der Waals surface area contributed by atoms with Crippen molar-refractivity contribution in [1.82, 2.24) is 5.32 Å². The summed E-state index contributed by atoms with van der Waals surface area (Å²) in [5.41, 5.74) is 3.02. The van der Waals surface area contributed by atoms with Gasteiger partial charge in [-0.05, 0) is 23.8 Å². The van der Waals surface area contributed by atoms with Crippen molar-refractivity contribution in [2.24, 2.45) is 0 Å². The van der Waals surface area contributed by atoms with E-state index in [1.807, 2.05) is 42.5 Å². The third-order valence-corrected chi connectivity index (χ3v) is 3.31. The normalized spacial score (nSPS) is 16.5. The molecule has 2 aromatic carbocycles. The molecule has 94 valence electrons. The highest BCUT2D eigenvalue weighted by Gasteiger charge is 2.22. The second kappa shape index (κ2) is 5.13. The standard InChI is InChI=1S/C16H14N2O/c17-9-12-4-3-5-13(8-12)10-18-15-11-19-16-7-2-1-6-14(15)16/h1-8,15,18H,10-11H2. The Kier molecular flexibility index (Phi) is 3.18. The van der Waals surface area contributed by atoms with E-state index < -0.39 is 0 Å². The zero-order chi connectivity index (χ0) is 13.1. The average Bonchev–Trinajstić information content (AvgIpc) is 2.89. The van der Waals surface area contributed by atoms with E-state index in [2.05, 4.69) is 17.5 Å². The minimum atomic E-state index is 0.224. The fourth-order valence-electron chi connectivity index (χ4n) is 2.32. The van der Waals surface area contributed by atoms with Crippen molar-refractivity contribution in [3.05, 3.63) is 65.2 Å². The minimum absolute atomic E-state index is 0.224. The molecule has 1 aliphatic rings. The maximum Gasteiger partial charge on any atom is 0.124 e. The van der Waals surface area contributed by atoms with E-state index in [0.717, 1.165) is 17.9 Å². The van der Waals surface area contributed by atoms with Gasteiger partial charge in [0.2, 0.25) is 0 Å². The molecule has 0 bridgehead atoms. The van der Waals surface area contributed by atoms with Crippen LogP contribution >= 0.6 is 0 Å². The molecular formula is C16H14N2O. The number of hydrogen-bond acceptors (Lipinski definition) is 3. The lowest BCUT2D eigenvalue weighted by Gasteiger charge is -2.11. The Morgan fingerprint density at radius 2 is 2.11 bits per heavy atom. The average molecular weight is 250 g/mol. The quantitative estimate of drug-likeness (QED) is 0.911. The second-order valence-corrected chi connectivity index (χ2v) is 4.59. The van der Waals surface area contributed by atoms with Gasteiger partial charge < -0.3 is 10.1 Å². The van der Waals surface area contributed by atoms with Crippen LogP contribution in [0.2, 0.25) is 0 Å². The van der Waals surface area contributed by atoms with Crippen LogP contribution in [0.25, 0.3) is 0 Å². The van der Waals surface area contributed by atoms with E-state index in [1.165, 1.54) is 5.56 Å². The van der Waals surface area contributed by atoms with Gasteiger partial charge in [-0.3, -0.25) is 0 Å². The molecule has 0 saturated heterocycles. The molecule has 0 radical (unpaired) electrons. The van der Waals surface area contributed by atoms with E-state index in [4.69, 9.17) is 10.00 Å². The number of para-hydroxylation sites is 1. The van der Waals surface area contributed by atoms with Gasteiger partial charge in [-0.15, -0.1) is 0 Å². The summed E-state index contributed by atoms with van der Waals surface area (Å²) in [6.45, 7) is 1.40. The molecule has 1 atom stereocenters. The first-order chi connectivity index (χ1) is 9.36. The number of fused-ring (bicyclic) bond motifs is 1. The fourth-order valence-corrected chi connectivity index (χ4v) is 2.32. The lowest BCUT2D eigenvalue weighted by Crippen LogP contribution is -2.21. The molecule has 0 amide bonds. The first-order valence-electron chi connectivity index (χ1n) is 6.31. The Balaban J connectivity index is 1.69. The maximum atomic E-state index is 8.88. The van der Waals surface area contributed by atoms with E-state index in [0.29, 0.717) is 12.2 Å². The van der Waals surface area contributed by atoms with Gasteiger partial charge in [0.25, 0.3) is 0 Å². The SMILES string of the molecule is N#Cc1cccc(CNC2COc3ccccc32)c1. The van der Waals surface area contributed by atoms with E-state index in [1.54, 1.807) is 0 Å². The zero-order valence-electron chi connectivity index (χ0n) is 10.5. The van der Waals surface area contributed by atoms with Crippen LogP contribution in [0, 0.1) is 11.3 Å². The van der Waals surface area contributed by atoms with Crippen molar-refractivity contribution in [3.8, 4) is 11.8 Å². The molecule has 3 rings (SSSR count). The van der Waals surface area contributed by atoms with Gasteiger partial charge in [0.15, 0.2) is 0 Å². The monoisotopic (exact) mass is 250 g/mol. The number of nitrogens with one attached hydrogen (secondary N) is 1. The van der Waals surface area contributed by atoms with E-state index >= 15 is 0 Å². The topological polar surface area (TPSA) is 45.0 Å². The summed E-state index contributed by atoms with van der Waals surface area (Å²) < 4.78 is 5.63. The first kappa shape index (κ1) is 11.8. The fraction of sp³-hybridized carbons (Fsp3) is 0.188. The van der Waals surface area contributed by atoms with Crippen LogP contribution < -0.4 is 10.1 Å². The van der Waals surface area contributed by atoms with Crippen molar-refractivity contribution >= 4 is 0 Å². The summed E-state index contributed by atoms with van der Waals surface area (Å²) in [6, 6.07) is 18.1. The summed E-state index contributed by atoms with van der Waals surface area (Å²) >= 11 is 0. The maximum absolute atomic E-state index is 8.88. The first-order valence-corrected chi connectivity index (χ1v) is 6.31. The Hall–Kier alpha value is -2.31. The van der Waals surface area contributed by atoms with Crippen molar-refractivity contribution in [3.63, 3.8) is 0 Å². The number of benzene rings is 2. The highest BCUT2D eigenvalue weighted by atomic mass is 16.5. The molecule has 0 saturated carbocycles. The van der Waals surface area contributed by atoms with Crippen LogP contribution in [0.1, 0.15) is 22.7 Å². The second-order valence-electron chi connectivity index (χ2n) is 4.59. The predicted molar refractivity (Wildman–Crippen MR) is 72.7 cm³/mol. The summed E-state index contributed by atoms with van der Waals surface area (Å²) in [6.07, 6.45) is 0. The largest absolute Gasteiger partial charge is 0.491 e. The lowest BCUT2D eigenvalue weighted by molar-refractivity contribution is 0.310. The van der Waals surface area contributed by atoms with Crippen LogP contribution in [-0.2, 0) is 6.54 Å². The smallest absolute Gasteiger partial charge is 0.124 e. The molecule has 3 nitrogen and oxygen atoms in total. The minimum Gasteiger partial charge on any atom is -0.491 e. The van der Waals surface area contributed by atoms with Crippen molar-refractivity contribution < 1.29 is 4.74 Å². The van der Waals surface area contributed by atoms with Crippen LogP contribution in [-0.4, -0.2) is 6.61 Å². The third-order valence-electron chi connectivity index (χ3n) is 3.31. The number of hydrogen-bond donors (Lipinski definition) is 1. The Morgan fingerprint density at radius 1 is 1.21 bits per heavy atom. The van der Waals surface area contributed by atoms with E-state index in [9.17, 15) is 0 Å². The molecule has 1 N–H and O–H groups in total. The number of ether oxygens (including phenoxy) is 1. The molecular weight excluding hydrogens is 236 g/mol. The van der Waals surface area contributed by atoms with Crippen LogP contribution in [0.5, 0.6) is 5.75 Å². The van der Waals surface area contributed by atoms with Gasteiger partial charge in [-0.2, -0.15) is 5.26 Å². The molecule has 1 aliphatic heterocycles. The van der Waals surface area contributed by atoms with Crippen LogP contribution in [0.3, 0.4) is 0 Å². The van der Waals surface area contributed by atoms with Gasteiger partial charge in [0.05, 0.1) is 17.7 Å². The molecule has 1 unspecified atom stereocenters. The molecule has 1 heterocycles. The lowest BCUT2D eigenvalue weighted by atomic mass is 10.1. The molecule has 0 fully saturated rings. The summed E-state index contributed by atoms with van der Waals surface area (Å²) in [5, 5.41) is 12.4. The van der Waals surface area contributed by atoms with Crippen LogP contribution in [0.4, 0.5) is 0 Å².